The molecule has 162 valence electrons. The van der Waals surface area contributed by atoms with Gasteiger partial charge >= 0.3 is 0 Å². The van der Waals surface area contributed by atoms with E-state index in [9.17, 15) is 0 Å². The van der Waals surface area contributed by atoms with Gasteiger partial charge in [-0.15, -0.1) is 0 Å². The summed E-state index contributed by atoms with van der Waals surface area (Å²) in [6.07, 6.45) is 0. The molecular weight excluding hydrogens is 458 g/mol. The molecule has 0 spiro atoms. The highest BCUT2D eigenvalue weighted by Crippen LogP contribution is 2.33. The number of methoxy groups -OCH3 is 1. The number of fused-ring (bicyclic) bond motifs is 3. The number of benzene rings is 3. The summed E-state index contributed by atoms with van der Waals surface area (Å²) >= 11 is 3.60. The molecule has 1 heterocycles. The van der Waals surface area contributed by atoms with Crippen molar-refractivity contribution >= 4 is 37.7 Å². The Hall–Kier alpha value is -2.38. The maximum Gasteiger partial charge on any atom is 0.119 e. The third-order valence-electron chi connectivity index (χ3n) is 5.03. The van der Waals surface area contributed by atoms with E-state index in [2.05, 4.69) is 75.1 Å². The molecule has 0 aliphatic carbocycles. The van der Waals surface area contributed by atoms with Gasteiger partial charge in [0, 0.05) is 28.0 Å². The van der Waals surface area contributed by atoms with E-state index >= 15 is 0 Å². The van der Waals surface area contributed by atoms with E-state index in [0.29, 0.717) is 39.6 Å². The van der Waals surface area contributed by atoms with Crippen LogP contribution in [0.15, 0.2) is 71.2 Å². The van der Waals surface area contributed by atoms with Crippen LogP contribution in [0, 0.1) is 0 Å². The first-order chi connectivity index (χ1) is 15.3. The standard InChI is InChI=1S/C25H26BrNO4/c1-28-12-13-29-14-15-30-16-17-31-21-9-7-20(8-10-21)27-24-5-3-2-4-22(24)23-18-19(26)6-11-25(23)27/h2-11,18H,12-17H2,1H3. The van der Waals surface area contributed by atoms with Gasteiger partial charge in [0.1, 0.15) is 12.4 Å². The van der Waals surface area contributed by atoms with Crippen LogP contribution in [-0.4, -0.2) is 51.3 Å². The number of hydrogen-bond acceptors (Lipinski definition) is 4. The molecule has 0 radical (unpaired) electrons. The monoisotopic (exact) mass is 483 g/mol. The van der Waals surface area contributed by atoms with E-state index in [1.807, 2.05) is 12.1 Å². The Kier molecular flexibility index (Phi) is 7.59. The van der Waals surface area contributed by atoms with E-state index in [1.165, 1.54) is 21.8 Å². The first-order valence-electron chi connectivity index (χ1n) is 10.3. The van der Waals surface area contributed by atoms with Crippen LogP contribution < -0.4 is 4.74 Å². The Morgan fingerprint density at radius 1 is 0.710 bits per heavy atom. The number of aromatic nitrogens is 1. The van der Waals surface area contributed by atoms with Crippen molar-refractivity contribution < 1.29 is 18.9 Å². The second kappa shape index (κ2) is 10.8. The minimum absolute atomic E-state index is 0.501. The topological polar surface area (TPSA) is 41.9 Å². The Balaban J connectivity index is 1.39. The first-order valence-corrected chi connectivity index (χ1v) is 11.1. The van der Waals surface area contributed by atoms with Gasteiger partial charge in [0.15, 0.2) is 0 Å². The van der Waals surface area contributed by atoms with Gasteiger partial charge in [-0.25, -0.2) is 0 Å². The van der Waals surface area contributed by atoms with Crippen LogP contribution >= 0.6 is 15.9 Å². The lowest BCUT2D eigenvalue weighted by molar-refractivity contribution is 0.0180. The Morgan fingerprint density at radius 3 is 2.16 bits per heavy atom. The molecule has 0 atom stereocenters. The molecule has 4 rings (SSSR count). The lowest BCUT2D eigenvalue weighted by Crippen LogP contribution is -2.12. The summed E-state index contributed by atoms with van der Waals surface area (Å²) in [6, 6.07) is 23.1. The summed E-state index contributed by atoms with van der Waals surface area (Å²) in [5, 5.41) is 2.47. The van der Waals surface area contributed by atoms with Crippen LogP contribution in [-0.2, 0) is 14.2 Å². The van der Waals surface area contributed by atoms with E-state index in [-0.39, 0.29) is 0 Å². The number of halogens is 1. The Bertz CT molecular complexity index is 1120. The van der Waals surface area contributed by atoms with Crippen LogP contribution in [0.4, 0.5) is 0 Å². The average molecular weight is 484 g/mol. The summed E-state index contributed by atoms with van der Waals surface area (Å²) < 4.78 is 25.0. The molecular formula is C25H26BrNO4. The SMILES string of the molecule is COCCOCCOCCOc1ccc(-n2c3ccccc3c3cc(Br)ccc32)cc1. The minimum Gasteiger partial charge on any atom is -0.491 e. The molecule has 1 aromatic heterocycles. The fourth-order valence-corrected chi connectivity index (χ4v) is 3.96. The van der Waals surface area contributed by atoms with Crippen molar-refractivity contribution in [2.75, 3.05) is 46.8 Å². The van der Waals surface area contributed by atoms with Crippen LogP contribution in [0.3, 0.4) is 0 Å². The van der Waals surface area contributed by atoms with Gasteiger partial charge in [0.25, 0.3) is 0 Å². The molecule has 0 bridgehead atoms. The van der Waals surface area contributed by atoms with E-state index in [4.69, 9.17) is 18.9 Å². The molecule has 0 saturated heterocycles. The number of hydrogen-bond donors (Lipinski definition) is 0. The smallest absolute Gasteiger partial charge is 0.119 e. The van der Waals surface area contributed by atoms with Crippen molar-refractivity contribution in [1.82, 2.24) is 4.57 Å². The zero-order chi connectivity index (χ0) is 21.5. The summed E-state index contributed by atoms with van der Waals surface area (Å²) in [5.74, 6) is 0.826. The fraction of sp³-hybridized carbons (Fsp3) is 0.280. The normalized spacial score (nSPS) is 11.4. The molecule has 0 unspecified atom stereocenters. The summed E-state index contributed by atoms with van der Waals surface area (Å²) in [4.78, 5) is 0. The van der Waals surface area contributed by atoms with Crippen molar-refractivity contribution in [3.05, 3.63) is 71.2 Å². The predicted octanol–water partition coefficient (Wildman–Crippen LogP) is 5.60. The van der Waals surface area contributed by atoms with Gasteiger partial charge in [-0.3, -0.25) is 0 Å². The third kappa shape index (κ3) is 5.28. The number of nitrogens with zero attached hydrogens (tertiary/aromatic N) is 1. The second-order valence-electron chi connectivity index (χ2n) is 7.07. The molecule has 6 heteroatoms. The van der Waals surface area contributed by atoms with Gasteiger partial charge in [-0.2, -0.15) is 0 Å². The third-order valence-corrected chi connectivity index (χ3v) is 5.52. The van der Waals surface area contributed by atoms with Gasteiger partial charge in [-0.05, 0) is 48.5 Å². The van der Waals surface area contributed by atoms with Gasteiger partial charge in [0.05, 0.1) is 44.1 Å². The van der Waals surface area contributed by atoms with Gasteiger partial charge < -0.3 is 23.5 Å². The molecule has 0 saturated carbocycles. The summed E-state index contributed by atoms with van der Waals surface area (Å²) in [5.41, 5.74) is 3.47. The molecule has 31 heavy (non-hydrogen) atoms. The zero-order valence-corrected chi connectivity index (χ0v) is 19.1. The van der Waals surface area contributed by atoms with Crippen LogP contribution in [0.25, 0.3) is 27.5 Å². The molecule has 0 N–H and O–H groups in total. The quantitative estimate of drug-likeness (QED) is 0.260. The summed E-state index contributed by atoms with van der Waals surface area (Å²) in [6.45, 7) is 3.33. The molecule has 3 aromatic carbocycles. The zero-order valence-electron chi connectivity index (χ0n) is 17.6. The Labute approximate surface area is 190 Å². The second-order valence-corrected chi connectivity index (χ2v) is 7.99. The lowest BCUT2D eigenvalue weighted by atomic mass is 10.2. The van der Waals surface area contributed by atoms with Gasteiger partial charge in [-0.1, -0.05) is 34.1 Å². The minimum atomic E-state index is 0.501. The largest absolute Gasteiger partial charge is 0.491 e. The van der Waals surface area contributed by atoms with E-state index in [1.54, 1.807) is 7.11 Å². The predicted molar refractivity (Wildman–Crippen MR) is 127 cm³/mol. The molecule has 4 aromatic rings. The van der Waals surface area contributed by atoms with Gasteiger partial charge in [0.2, 0.25) is 0 Å². The van der Waals surface area contributed by atoms with E-state index < -0.39 is 0 Å². The van der Waals surface area contributed by atoms with Crippen LogP contribution in [0.1, 0.15) is 0 Å². The molecule has 0 fully saturated rings. The van der Waals surface area contributed by atoms with E-state index in [0.717, 1.165) is 15.9 Å². The molecule has 5 nitrogen and oxygen atoms in total. The average Bonchev–Trinajstić information content (AvgIpc) is 3.12. The molecule has 0 aliphatic heterocycles. The number of para-hydroxylation sites is 1. The maximum atomic E-state index is 5.81. The highest BCUT2D eigenvalue weighted by atomic mass is 79.9. The van der Waals surface area contributed by atoms with Crippen molar-refractivity contribution in [3.63, 3.8) is 0 Å². The first kappa shape index (κ1) is 21.8. The number of ether oxygens (including phenoxy) is 4. The van der Waals surface area contributed by atoms with Crippen molar-refractivity contribution in [2.45, 2.75) is 0 Å². The van der Waals surface area contributed by atoms with Crippen molar-refractivity contribution in [3.8, 4) is 11.4 Å². The van der Waals surface area contributed by atoms with Crippen LogP contribution in [0.5, 0.6) is 5.75 Å². The van der Waals surface area contributed by atoms with Crippen LogP contribution in [0.2, 0.25) is 0 Å². The Morgan fingerprint density at radius 2 is 1.39 bits per heavy atom. The highest BCUT2D eigenvalue weighted by molar-refractivity contribution is 9.10. The highest BCUT2D eigenvalue weighted by Gasteiger charge is 2.12. The number of rotatable bonds is 11. The fourth-order valence-electron chi connectivity index (χ4n) is 3.60. The summed E-state index contributed by atoms with van der Waals surface area (Å²) in [7, 11) is 1.66. The van der Waals surface area contributed by atoms with Crippen molar-refractivity contribution in [1.29, 1.82) is 0 Å². The molecule has 0 amide bonds. The molecule has 0 aliphatic rings. The van der Waals surface area contributed by atoms with Crippen molar-refractivity contribution in [2.24, 2.45) is 0 Å². The lowest BCUT2D eigenvalue weighted by Gasteiger charge is -2.10. The maximum absolute atomic E-state index is 5.81.